The third-order valence-corrected chi connectivity index (χ3v) is 2.67. The highest BCUT2D eigenvalue weighted by Crippen LogP contribution is 2.27. The molecule has 0 aromatic carbocycles. The van der Waals surface area contributed by atoms with E-state index in [0.717, 1.165) is 0 Å². The fraction of sp³-hybridized carbons (Fsp3) is 0.455. The molecule has 4 nitrogen and oxygen atoms in total. The molecule has 1 aromatic rings. The lowest BCUT2D eigenvalue weighted by Gasteiger charge is -2.29. The smallest absolute Gasteiger partial charge is 0.290 e. The Morgan fingerprint density at radius 3 is 2.73 bits per heavy atom. The molecule has 2 heterocycles. The molecule has 0 unspecified atom stereocenters. The summed E-state index contributed by atoms with van der Waals surface area (Å²) < 4.78 is 5.03. The van der Waals surface area contributed by atoms with Crippen LogP contribution in [0, 0.1) is 0 Å². The number of hydrogen-bond acceptors (Lipinski definition) is 3. The summed E-state index contributed by atoms with van der Waals surface area (Å²) >= 11 is 0. The molecule has 1 aliphatic rings. The predicted molar refractivity (Wildman–Crippen MR) is 53.4 cm³/mol. The Morgan fingerprint density at radius 1 is 1.53 bits per heavy atom. The number of ketones is 1. The minimum atomic E-state index is -0.402. The molecular weight excluding hydrogens is 194 g/mol. The minimum Gasteiger partial charge on any atom is -0.459 e. The maximum Gasteiger partial charge on any atom is 0.290 e. The SMILES string of the molecule is CC1(C)CC(=O)CN1C(=O)c1ccco1. The van der Waals surface area contributed by atoms with Crippen LogP contribution in [0.3, 0.4) is 0 Å². The second-order valence-corrected chi connectivity index (χ2v) is 4.40. The van der Waals surface area contributed by atoms with Crippen LogP contribution in [0.25, 0.3) is 0 Å². The standard InChI is InChI=1S/C11H13NO3/c1-11(2)6-8(13)7-12(11)10(14)9-4-3-5-15-9/h3-5H,6-7H2,1-2H3. The van der Waals surface area contributed by atoms with Crippen LogP contribution < -0.4 is 0 Å². The van der Waals surface area contributed by atoms with Crippen molar-refractivity contribution >= 4 is 11.7 Å². The van der Waals surface area contributed by atoms with Gasteiger partial charge in [-0.2, -0.15) is 0 Å². The highest BCUT2D eigenvalue weighted by Gasteiger charge is 2.41. The number of rotatable bonds is 1. The van der Waals surface area contributed by atoms with Gasteiger partial charge in [0.2, 0.25) is 0 Å². The van der Waals surface area contributed by atoms with Gasteiger partial charge in [0, 0.05) is 12.0 Å². The van der Waals surface area contributed by atoms with Gasteiger partial charge in [-0.15, -0.1) is 0 Å². The number of Topliss-reactive ketones (excluding diaryl/α,β-unsaturated/α-hetero) is 1. The van der Waals surface area contributed by atoms with Gasteiger partial charge in [-0.1, -0.05) is 0 Å². The lowest BCUT2D eigenvalue weighted by molar-refractivity contribution is -0.116. The number of likely N-dealkylation sites (tertiary alicyclic amines) is 1. The number of carbonyl (C=O) groups is 2. The molecule has 1 fully saturated rings. The van der Waals surface area contributed by atoms with E-state index in [-0.39, 0.29) is 24.0 Å². The van der Waals surface area contributed by atoms with Crippen molar-refractivity contribution in [3.05, 3.63) is 24.2 Å². The van der Waals surface area contributed by atoms with Crippen LogP contribution in [-0.2, 0) is 4.79 Å². The van der Waals surface area contributed by atoms with Crippen molar-refractivity contribution in [3.63, 3.8) is 0 Å². The van der Waals surface area contributed by atoms with Gasteiger partial charge in [0.25, 0.3) is 5.91 Å². The van der Waals surface area contributed by atoms with Gasteiger partial charge < -0.3 is 9.32 Å². The number of furan rings is 1. The molecule has 2 rings (SSSR count). The Hall–Kier alpha value is -1.58. The molecule has 0 atom stereocenters. The molecule has 0 N–H and O–H groups in total. The molecule has 80 valence electrons. The summed E-state index contributed by atoms with van der Waals surface area (Å²) in [5, 5.41) is 0. The van der Waals surface area contributed by atoms with Gasteiger partial charge in [0.1, 0.15) is 0 Å². The van der Waals surface area contributed by atoms with Crippen molar-refractivity contribution < 1.29 is 14.0 Å². The van der Waals surface area contributed by atoms with E-state index in [1.54, 1.807) is 17.0 Å². The Balaban J connectivity index is 2.25. The van der Waals surface area contributed by atoms with Crippen molar-refractivity contribution in [2.45, 2.75) is 25.8 Å². The summed E-state index contributed by atoms with van der Waals surface area (Å²) in [6.45, 7) is 3.96. The number of amides is 1. The largest absolute Gasteiger partial charge is 0.459 e. The lowest BCUT2D eigenvalue weighted by atomic mass is 10.0. The van der Waals surface area contributed by atoms with Gasteiger partial charge >= 0.3 is 0 Å². The molecule has 1 amide bonds. The van der Waals surface area contributed by atoms with E-state index >= 15 is 0 Å². The fourth-order valence-electron chi connectivity index (χ4n) is 1.90. The van der Waals surface area contributed by atoms with Crippen molar-refractivity contribution in [2.24, 2.45) is 0 Å². The second kappa shape index (κ2) is 3.22. The minimum absolute atomic E-state index is 0.0971. The van der Waals surface area contributed by atoms with Crippen LogP contribution in [0.1, 0.15) is 30.8 Å². The molecule has 0 saturated carbocycles. The normalized spacial score (nSPS) is 19.6. The molecule has 1 aliphatic heterocycles. The van der Waals surface area contributed by atoms with Gasteiger partial charge in [-0.25, -0.2) is 0 Å². The van der Waals surface area contributed by atoms with Gasteiger partial charge in [-0.05, 0) is 26.0 Å². The summed E-state index contributed by atoms with van der Waals surface area (Å²) in [7, 11) is 0. The van der Waals surface area contributed by atoms with Gasteiger partial charge in [-0.3, -0.25) is 9.59 Å². The van der Waals surface area contributed by atoms with E-state index in [0.29, 0.717) is 6.42 Å². The number of carbonyl (C=O) groups excluding carboxylic acids is 2. The average Bonchev–Trinajstić information content (AvgIpc) is 2.71. The van der Waals surface area contributed by atoms with Crippen LogP contribution in [0.5, 0.6) is 0 Å². The molecule has 0 spiro atoms. The molecule has 0 bridgehead atoms. The summed E-state index contributed by atoms with van der Waals surface area (Å²) in [6.07, 6.45) is 1.87. The van der Waals surface area contributed by atoms with Crippen LogP contribution >= 0.6 is 0 Å². The van der Waals surface area contributed by atoms with Crippen molar-refractivity contribution in [2.75, 3.05) is 6.54 Å². The topological polar surface area (TPSA) is 50.5 Å². The van der Waals surface area contributed by atoms with E-state index in [1.165, 1.54) is 6.26 Å². The third kappa shape index (κ3) is 1.67. The van der Waals surface area contributed by atoms with E-state index in [9.17, 15) is 9.59 Å². The third-order valence-electron chi connectivity index (χ3n) is 2.67. The fourth-order valence-corrected chi connectivity index (χ4v) is 1.90. The van der Waals surface area contributed by atoms with Crippen molar-refractivity contribution in [1.29, 1.82) is 0 Å². The maximum atomic E-state index is 11.9. The van der Waals surface area contributed by atoms with Gasteiger partial charge in [0.05, 0.1) is 12.8 Å². The first-order chi connectivity index (χ1) is 7.00. The number of nitrogens with zero attached hydrogens (tertiary/aromatic N) is 1. The Morgan fingerprint density at radius 2 is 2.27 bits per heavy atom. The van der Waals surface area contributed by atoms with E-state index in [1.807, 2.05) is 13.8 Å². The predicted octanol–water partition coefficient (Wildman–Crippen LogP) is 1.47. The first kappa shape index (κ1) is 9.96. The summed E-state index contributed by atoms with van der Waals surface area (Å²) in [4.78, 5) is 24.8. The zero-order valence-electron chi connectivity index (χ0n) is 8.82. The number of hydrogen-bond donors (Lipinski definition) is 0. The monoisotopic (exact) mass is 207 g/mol. The van der Waals surface area contributed by atoms with E-state index in [4.69, 9.17) is 4.42 Å². The van der Waals surface area contributed by atoms with Crippen LogP contribution in [0.2, 0.25) is 0 Å². The molecular formula is C11H13NO3. The Labute approximate surface area is 87.9 Å². The van der Waals surface area contributed by atoms with Crippen LogP contribution in [0.4, 0.5) is 0 Å². The zero-order valence-corrected chi connectivity index (χ0v) is 8.82. The molecule has 0 aliphatic carbocycles. The van der Waals surface area contributed by atoms with Crippen LogP contribution in [0.15, 0.2) is 22.8 Å². The molecule has 15 heavy (non-hydrogen) atoms. The quantitative estimate of drug-likeness (QED) is 0.700. The van der Waals surface area contributed by atoms with E-state index < -0.39 is 5.54 Å². The van der Waals surface area contributed by atoms with Gasteiger partial charge in [0.15, 0.2) is 11.5 Å². The Bertz CT molecular complexity index is 392. The first-order valence-electron chi connectivity index (χ1n) is 4.88. The summed E-state index contributed by atoms with van der Waals surface area (Å²) in [5.74, 6) is 0.175. The maximum absolute atomic E-state index is 11.9. The first-order valence-corrected chi connectivity index (χ1v) is 4.88. The molecule has 1 aromatic heterocycles. The molecule has 4 heteroatoms. The van der Waals surface area contributed by atoms with E-state index in [2.05, 4.69) is 0 Å². The highest BCUT2D eigenvalue weighted by molar-refractivity contribution is 5.97. The summed E-state index contributed by atoms with van der Waals surface area (Å²) in [6, 6.07) is 3.28. The average molecular weight is 207 g/mol. The molecule has 1 saturated heterocycles. The second-order valence-electron chi connectivity index (χ2n) is 4.40. The molecule has 0 radical (unpaired) electrons. The van der Waals surface area contributed by atoms with Crippen LogP contribution in [-0.4, -0.2) is 28.7 Å². The zero-order chi connectivity index (χ0) is 11.1. The highest BCUT2D eigenvalue weighted by atomic mass is 16.3. The van der Waals surface area contributed by atoms with Crippen molar-refractivity contribution in [3.8, 4) is 0 Å². The lowest BCUT2D eigenvalue weighted by Crippen LogP contribution is -2.42. The van der Waals surface area contributed by atoms with Crippen molar-refractivity contribution in [1.82, 2.24) is 4.90 Å². The summed E-state index contributed by atoms with van der Waals surface area (Å²) in [5.41, 5.74) is -0.402. The Kier molecular flexibility index (Phi) is 2.14.